The lowest BCUT2D eigenvalue weighted by molar-refractivity contribution is -0.170. The second-order valence-electron chi connectivity index (χ2n) is 6.46. The van der Waals surface area contributed by atoms with Gasteiger partial charge < -0.3 is 14.8 Å². The fourth-order valence-corrected chi connectivity index (χ4v) is 3.61. The monoisotopic (exact) mass is 381 g/mol. The number of rotatable bonds is 5. The molecule has 28 heavy (non-hydrogen) atoms. The Hall–Kier alpha value is -2.99. The van der Waals surface area contributed by atoms with E-state index in [2.05, 4.69) is 5.32 Å². The number of carbonyl (C=O) groups is 3. The van der Waals surface area contributed by atoms with Crippen molar-refractivity contribution in [1.82, 2.24) is 5.32 Å². The van der Waals surface area contributed by atoms with Gasteiger partial charge in [-0.25, -0.2) is 0 Å². The van der Waals surface area contributed by atoms with Gasteiger partial charge in [0.05, 0.1) is 19.3 Å². The zero-order chi connectivity index (χ0) is 20.1. The summed E-state index contributed by atoms with van der Waals surface area (Å²) in [6, 6.07) is 15.0. The van der Waals surface area contributed by atoms with Gasteiger partial charge in [0, 0.05) is 12.1 Å². The molecule has 1 heterocycles. The molecule has 0 saturated heterocycles. The van der Waals surface area contributed by atoms with Crippen LogP contribution >= 0.6 is 0 Å². The Morgan fingerprint density at radius 1 is 0.964 bits per heavy atom. The molecule has 3 rings (SSSR count). The number of hydrogen-bond donors (Lipinski definition) is 1. The van der Waals surface area contributed by atoms with Crippen molar-refractivity contribution in [3.8, 4) is 0 Å². The van der Waals surface area contributed by atoms with Crippen molar-refractivity contribution < 1.29 is 23.9 Å². The Bertz CT molecular complexity index is 860. The third kappa shape index (κ3) is 3.20. The maximum Gasteiger partial charge on any atom is 0.333 e. The highest BCUT2D eigenvalue weighted by molar-refractivity contribution is 6.26. The number of benzene rings is 2. The number of esters is 2. The molecule has 2 aromatic carbocycles. The minimum absolute atomic E-state index is 0.0381. The fourth-order valence-electron chi connectivity index (χ4n) is 3.61. The minimum atomic E-state index is -2.17. The molecule has 6 heteroatoms. The van der Waals surface area contributed by atoms with Gasteiger partial charge in [0.1, 0.15) is 0 Å². The first-order chi connectivity index (χ1) is 13.6. The Balaban J connectivity index is 2.29. The number of ether oxygens (including phenoxy) is 2. The van der Waals surface area contributed by atoms with Crippen molar-refractivity contribution in [3.05, 3.63) is 71.3 Å². The van der Waals surface area contributed by atoms with Gasteiger partial charge in [0.25, 0.3) is 0 Å². The lowest BCUT2D eigenvalue weighted by Crippen LogP contribution is -2.55. The highest BCUT2D eigenvalue weighted by Gasteiger charge is 2.62. The number of carbonyl (C=O) groups excluding carboxylic acids is 3. The van der Waals surface area contributed by atoms with Gasteiger partial charge in [0.2, 0.25) is 5.41 Å². The molecule has 0 spiro atoms. The maximum absolute atomic E-state index is 13.7. The van der Waals surface area contributed by atoms with Crippen molar-refractivity contribution >= 4 is 17.7 Å². The molecule has 146 valence electrons. The molecule has 0 amide bonds. The summed E-state index contributed by atoms with van der Waals surface area (Å²) in [4.78, 5) is 40.2. The van der Waals surface area contributed by atoms with Crippen molar-refractivity contribution in [2.24, 2.45) is 5.41 Å². The van der Waals surface area contributed by atoms with E-state index < -0.39 is 29.2 Å². The number of nitrogens with one attached hydrogen (secondary N) is 1. The molecule has 6 nitrogen and oxygen atoms in total. The van der Waals surface area contributed by atoms with Crippen molar-refractivity contribution in [2.45, 2.75) is 26.4 Å². The highest BCUT2D eigenvalue weighted by atomic mass is 16.6. The summed E-state index contributed by atoms with van der Waals surface area (Å²) in [5.74, 6) is -2.42. The quantitative estimate of drug-likeness (QED) is 0.634. The van der Waals surface area contributed by atoms with Crippen LogP contribution in [-0.4, -0.2) is 30.9 Å². The fraction of sp³-hybridized carbons (Fsp3) is 0.318. The molecule has 0 fully saturated rings. The van der Waals surface area contributed by atoms with Crippen molar-refractivity contribution in [1.29, 1.82) is 0 Å². The molecule has 0 bridgehead atoms. The van der Waals surface area contributed by atoms with E-state index in [1.54, 1.807) is 56.3 Å². The average molecular weight is 381 g/mol. The highest BCUT2D eigenvalue weighted by Crippen LogP contribution is 2.42. The summed E-state index contributed by atoms with van der Waals surface area (Å²) in [7, 11) is 0. The smallest absolute Gasteiger partial charge is 0.333 e. The molecule has 1 unspecified atom stereocenters. The number of Topliss-reactive ketones (excluding diaryl/α,β-unsaturated/α-hetero) is 1. The number of ketones is 1. The summed E-state index contributed by atoms with van der Waals surface area (Å²) in [6.45, 7) is 3.67. The van der Waals surface area contributed by atoms with E-state index in [-0.39, 0.29) is 13.2 Å². The van der Waals surface area contributed by atoms with Crippen LogP contribution in [0.4, 0.5) is 0 Å². The molecular weight excluding hydrogens is 358 g/mol. The van der Waals surface area contributed by atoms with Gasteiger partial charge in [-0.05, 0) is 25.0 Å². The molecule has 1 N–H and O–H groups in total. The van der Waals surface area contributed by atoms with Crippen LogP contribution < -0.4 is 5.32 Å². The first kappa shape index (κ1) is 19.8. The van der Waals surface area contributed by atoms with Crippen LogP contribution in [0.15, 0.2) is 54.6 Å². The van der Waals surface area contributed by atoms with E-state index in [1.165, 1.54) is 0 Å². The zero-order valence-corrected chi connectivity index (χ0v) is 15.9. The first-order valence-corrected chi connectivity index (χ1v) is 9.32. The predicted octanol–water partition coefficient (Wildman–Crippen LogP) is 2.83. The van der Waals surface area contributed by atoms with Crippen molar-refractivity contribution in [3.63, 3.8) is 0 Å². The summed E-state index contributed by atoms with van der Waals surface area (Å²) < 4.78 is 10.5. The third-order valence-electron chi connectivity index (χ3n) is 4.88. The lowest BCUT2D eigenvalue weighted by Gasteiger charge is -2.34. The van der Waals surface area contributed by atoms with Crippen LogP contribution in [0.25, 0.3) is 0 Å². The summed E-state index contributed by atoms with van der Waals surface area (Å²) in [5, 5.41) is 3.23. The van der Waals surface area contributed by atoms with E-state index in [9.17, 15) is 14.4 Å². The summed E-state index contributed by atoms with van der Waals surface area (Å²) in [5.41, 5.74) is -0.511. The predicted molar refractivity (Wildman–Crippen MR) is 102 cm³/mol. The molecule has 1 aliphatic heterocycles. The maximum atomic E-state index is 13.7. The second kappa shape index (κ2) is 8.35. The minimum Gasteiger partial charge on any atom is -0.465 e. The topological polar surface area (TPSA) is 81.7 Å². The normalized spacial score (nSPS) is 17.9. The van der Waals surface area contributed by atoms with E-state index in [4.69, 9.17) is 9.47 Å². The SMILES string of the molecule is CCOC(=O)C1(C(=O)OCC)C(=O)c2ccccc2CNC1c1ccccc1. The summed E-state index contributed by atoms with van der Waals surface area (Å²) >= 11 is 0. The zero-order valence-electron chi connectivity index (χ0n) is 15.9. The lowest BCUT2D eigenvalue weighted by atomic mass is 9.71. The van der Waals surface area contributed by atoms with Gasteiger partial charge in [0.15, 0.2) is 5.78 Å². The molecule has 1 atom stereocenters. The van der Waals surface area contributed by atoms with Gasteiger partial charge in [-0.2, -0.15) is 0 Å². The first-order valence-electron chi connectivity index (χ1n) is 9.32. The molecule has 1 aliphatic rings. The van der Waals surface area contributed by atoms with Gasteiger partial charge in [-0.15, -0.1) is 0 Å². The molecular formula is C22H23NO5. The Kier molecular flexibility index (Phi) is 5.90. The van der Waals surface area contributed by atoms with E-state index >= 15 is 0 Å². The van der Waals surface area contributed by atoms with Gasteiger partial charge in [-0.3, -0.25) is 14.4 Å². The standard InChI is InChI=1S/C22H23NO5/c1-3-27-20(25)22(21(26)28-4-2)18(15-10-6-5-7-11-15)23-14-16-12-8-9-13-17(16)19(22)24/h5-13,18,23H,3-4,14H2,1-2H3. The average Bonchev–Trinajstić information content (AvgIpc) is 2.84. The van der Waals surface area contributed by atoms with Crippen LogP contribution in [0, 0.1) is 5.41 Å². The van der Waals surface area contributed by atoms with Crippen LogP contribution in [0.1, 0.15) is 41.4 Å². The molecule has 0 saturated carbocycles. The van der Waals surface area contributed by atoms with Gasteiger partial charge in [-0.1, -0.05) is 54.6 Å². The molecule has 0 aliphatic carbocycles. The van der Waals surface area contributed by atoms with E-state index in [0.29, 0.717) is 23.2 Å². The second-order valence-corrected chi connectivity index (χ2v) is 6.46. The summed E-state index contributed by atoms with van der Waals surface area (Å²) in [6.07, 6.45) is 0. The number of fused-ring (bicyclic) bond motifs is 1. The molecule has 2 aromatic rings. The van der Waals surface area contributed by atoms with Crippen LogP contribution in [0.2, 0.25) is 0 Å². The Morgan fingerprint density at radius 3 is 2.14 bits per heavy atom. The van der Waals surface area contributed by atoms with E-state index in [1.807, 2.05) is 12.1 Å². The van der Waals surface area contributed by atoms with Crippen LogP contribution in [0.5, 0.6) is 0 Å². The van der Waals surface area contributed by atoms with Crippen LogP contribution in [-0.2, 0) is 25.6 Å². The van der Waals surface area contributed by atoms with Gasteiger partial charge >= 0.3 is 11.9 Å². The molecule has 0 radical (unpaired) electrons. The Labute approximate surface area is 163 Å². The third-order valence-corrected chi connectivity index (χ3v) is 4.88. The van der Waals surface area contributed by atoms with Crippen LogP contribution in [0.3, 0.4) is 0 Å². The largest absolute Gasteiger partial charge is 0.465 e. The van der Waals surface area contributed by atoms with Crippen molar-refractivity contribution in [2.75, 3.05) is 13.2 Å². The number of hydrogen-bond acceptors (Lipinski definition) is 6. The Morgan fingerprint density at radius 2 is 1.54 bits per heavy atom. The van der Waals surface area contributed by atoms with E-state index in [0.717, 1.165) is 0 Å². The molecule has 0 aromatic heterocycles.